The van der Waals surface area contributed by atoms with Gasteiger partial charge in [-0.1, -0.05) is 12.8 Å². The predicted molar refractivity (Wildman–Crippen MR) is 82.5 cm³/mol. The molecule has 0 unspecified atom stereocenters. The van der Waals surface area contributed by atoms with Gasteiger partial charge in [0.25, 0.3) is 0 Å². The van der Waals surface area contributed by atoms with E-state index in [1.165, 1.54) is 25.7 Å². The van der Waals surface area contributed by atoms with Crippen molar-refractivity contribution in [3.05, 3.63) is 0 Å². The highest BCUT2D eigenvalue weighted by molar-refractivity contribution is 7.91. The van der Waals surface area contributed by atoms with Crippen LogP contribution in [0.4, 0.5) is 0 Å². The van der Waals surface area contributed by atoms with E-state index in [1.54, 1.807) is 0 Å². The lowest BCUT2D eigenvalue weighted by Gasteiger charge is -2.23. The van der Waals surface area contributed by atoms with Crippen molar-refractivity contribution in [3.63, 3.8) is 0 Å². The van der Waals surface area contributed by atoms with Crippen LogP contribution in [0, 0.1) is 5.92 Å². The number of nitrogens with two attached hydrogens (primary N) is 1. The van der Waals surface area contributed by atoms with Gasteiger partial charge in [-0.05, 0) is 38.0 Å². The molecule has 2 aliphatic heterocycles. The second-order valence-corrected chi connectivity index (χ2v) is 8.33. The van der Waals surface area contributed by atoms with Gasteiger partial charge in [0, 0.05) is 19.6 Å². The van der Waals surface area contributed by atoms with E-state index in [1.807, 2.05) is 0 Å². The first-order chi connectivity index (χ1) is 9.57. The fourth-order valence-corrected chi connectivity index (χ4v) is 4.58. The summed E-state index contributed by atoms with van der Waals surface area (Å²) in [5.74, 6) is 1.88. The lowest BCUT2D eigenvalue weighted by atomic mass is 9.99. The number of likely N-dealkylation sites (tertiary alicyclic amines) is 1. The van der Waals surface area contributed by atoms with E-state index in [0.29, 0.717) is 23.4 Å². The molecule has 2 aliphatic rings. The molecule has 5 nitrogen and oxygen atoms in total. The smallest absolute Gasteiger partial charge is 0.191 e. The van der Waals surface area contributed by atoms with Gasteiger partial charge < -0.3 is 10.6 Å². The number of rotatable bonds is 3. The molecule has 2 saturated heterocycles. The van der Waals surface area contributed by atoms with Gasteiger partial charge in [-0.2, -0.15) is 0 Å². The van der Waals surface area contributed by atoms with Crippen molar-refractivity contribution in [2.24, 2.45) is 16.6 Å². The fraction of sp³-hybridized carbons (Fsp3) is 0.929. The highest BCUT2D eigenvalue weighted by Crippen LogP contribution is 2.21. The van der Waals surface area contributed by atoms with Crippen LogP contribution in [0.5, 0.6) is 0 Å². The van der Waals surface area contributed by atoms with Crippen molar-refractivity contribution in [1.82, 2.24) is 4.90 Å². The predicted octanol–water partition coefficient (Wildman–Crippen LogP) is 1.39. The van der Waals surface area contributed by atoms with Crippen molar-refractivity contribution >= 4 is 15.8 Å². The summed E-state index contributed by atoms with van der Waals surface area (Å²) in [6.45, 7) is 2.78. The van der Waals surface area contributed by atoms with E-state index >= 15 is 0 Å². The Hall–Kier alpha value is -0.780. The molecule has 116 valence electrons. The average Bonchev–Trinajstić information content (AvgIpc) is 2.69. The maximum atomic E-state index is 11.4. The third-order valence-electron chi connectivity index (χ3n) is 4.42. The molecule has 0 aromatic carbocycles. The first-order valence-electron chi connectivity index (χ1n) is 7.82. The lowest BCUT2D eigenvalue weighted by Crippen LogP contribution is -2.38. The molecule has 0 bridgehead atoms. The van der Waals surface area contributed by atoms with Crippen LogP contribution in [0.2, 0.25) is 0 Å². The largest absolute Gasteiger partial charge is 0.370 e. The van der Waals surface area contributed by atoms with Crippen LogP contribution in [-0.4, -0.2) is 50.4 Å². The Bertz CT molecular complexity index is 412. The molecule has 0 amide bonds. The van der Waals surface area contributed by atoms with Crippen molar-refractivity contribution in [2.75, 3.05) is 31.1 Å². The van der Waals surface area contributed by atoms with Crippen LogP contribution in [0.1, 0.15) is 44.9 Å². The van der Waals surface area contributed by atoms with Crippen LogP contribution >= 0.6 is 0 Å². The van der Waals surface area contributed by atoms with Crippen LogP contribution in [-0.2, 0) is 9.84 Å². The summed E-state index contributed by atoms with van der Waals surface area (Å²) >= 11 is 0. The number of nitrogens with zero attached hydrogens (tertiary/aromatic N) is 2. The summed E-state index contributed by atoms with van der Waals surface area (Å²) in [4.78, 5) is 6.68. The van der Waals surface area contributed by atoms with Crippen LogP contribution in [0.3, 0.4) is 0 Å². The molecular weight excluding hydrogens is 274 g/mol. The normalized spacial score (nSPS) is 25.4. The Morgan fingerprint density at radius 2 is 1.70 bits per heavy atom. The topological polar surface area (TPSA) is 75.8 Å². The third-order valence-corrected chi connectivity index (χ3v) is 6.13. The van der Waals surface area contributed by atoms with Crippen molar-refractivity contribution < 1.29 is 8.42 Å². The molecule has 0 radical (unpaired) electrons. The van der Waals surface area contributed by atoms with Gasteiger partial charge in [0.2, 0.25) is 0 Å². The number of sulfone groups is 1. The van der Waals surface area contributed by atoms with Crippen LogP contribution < -0.4 is 5.73 Å². The first-order valence-corrected chi connectivity index (χ1v) is 9.64. The number of guanidine groups is 1. The Morgan fingerprint density at radius 3 is 2.30 bits per heavy atom. The fourth-order valence-electron chi connectivity index (χ4n) is 2.99. The van der Waals surface area contributed by atoms with Crippen LogP contribution in [0.15, 0.2) is 4.99 Å². The number of hydrogen-bond acceptors (Lipinski definition) is 3. The molecule has 0 spiro atoms. The van der Waals surface area contributed by atoms with Gasteiger partial charge in [-0.3, -0.25) is 4.99 Å². The molecule has 0 aliphatic carbocycles. The second-order valence-electron chi connectivity index (χ2n) is 6.03. The Labute approximate surface area is 122 Å². The van der Waals surface area contributed by atoms with Gasteiger partial charge in [-0.25, -0.2) is 8.42 Å². The molecule has 0 saturated carbocycles. The molecule has 0 aromatic heterocycles. The Morgan fingerprint density at radius 1 is 1.10 bits per heavy atom. The molecule has 20 heavy (non-hydrogen) atoms. The molecule has 6 heteroatoms. The Kier molecular flexibility index (Phi) is 5.69. The minimum atomic E-state index is -2.75. The first kappa shape index (κ1) is 15.6. The number of hydrogen-bond donors (Lipinski definition) is 1. The van der Waals surface area contributed by atoms with E-state index in [0.717, 1.165) is 38.9 Å². The van der Waals surface area contributed by atoms with E-state index in [2.05, 4.69) is 9.89 Å². The molecule has 2 fully saturated rings. The van der Waals surface area contributed by atoms with E-state index < -0.39 is 9.84 Å². The highest BCUT2D eigenvalue weighted by Gasteiger charge is 2.23. The second kappa shape index (κ2) is 7.29. The molecule has 0 aromatic rings. The minimum Gasteiger partial charge on any atom is -0.370 e. The van der Waals surface area contributed by atoms with Crippen molar-refractivity contribution in [3.8, 4) is 0 Å². The van der Waals surface area contributed by atoms with Gasteiger partial charge >= 0.3 is 0 Å². The molecule has 0 atom stereocenters. The summed E-state index contributed by atoms with van der Waals surface area (Å²) in [7, 11) is -2.75. The van der Waals surface area contributed by atoms with Gasteiger partial charge in [0.05, 0.1) is 11.5 Å². The van der Waals surface area contributed by atoms with E-state index in [-0.39, 0.29) is 0 Å². The SMILES string of the molecule is NC(=NCCC1CCS(=O)(=O)CC1)N1CCCCCC1. The van der Waals surface area contributed by atoms with Crippen molar-refractivity contribution in [1.29, 1.82) is 0 Å². The van der Waals surface area contributed by atoms with Gasteiger partial charge in [-0.15, -0.1) is 0 Å². The van der Waals surface area contributed by atoms with E-state index in [4.69, 9.17) is 5.73 Å². The molecule has 2 N–H and O–H groups in total. The Balaban J connectivity index is 1.72. The summed E-state index contributed by atoms with van der Waals surface area (Å²) in [5.41, 5.74) is 6.06. The number of aliphatic imine (C=N–C) groups is 1. The summed E-state index contributed by atoms with van der Waals surface area (Å²) in [5, 5.41) is 0. The molecule has 2 rings (SSSR count). The van der Waals surface area contributed by atoms with E-state index in [9.17, 15) is 8.42 Å². The maximum absolute atomic E-state index is 11.4. The lowest BCUT2D eigenvalue weighted by molar-refractivity contribution is 0.420. The quantitative estimate of drug-likeness (QED) is 0.631. The van der Waals surface area contributed by atoms with Crippen molar-refractivity contribution in [2.45, 2.75) is 44.9 Å². The highest BCUT2D eigenvalue weighted by atomic mass is 32.2. The zero-order valence-electron chi connectivity index (χ0n) is 12.3. The zero-order chi connectivity index (χ0) is 14.4. The molecule has 2 heterocycles. The summed E-state index contributed by atoms with van der Waals surface area (Å²) < 4.78 is 22.7. The van der Waals surface area contributed by atoms with Gasteiger partial charge in [0.15, 0.2) is 5.96 Å². The van der Waals surface area contributed by atoms with Crippen LogP contribution in [0.25, 0.3) is 0 Å². The standard InChI is InChI=1S/C14H27N3O2S/c15-14(17-9-3-1-2-4-10-17)16-8-5-13-6-11-20(18,19)12-7-13/h13H,1-12H2,(H2,15,16). The average molecular weight is 301 g/mol. The summed E-state index contributed by atoms with van der Waals surface area (Å²) in [6, 6.07) is 0. The summed E-state index contributed by atoms with van der Waals surface area (Å²) in [6.07, 6.45) is 7.54. The maximum Gasteiger partial charge on any atom is 0.191 e. The molecular formula is C14H27N3O2S. The zero-order valence-corrected chi connectivity index (χ0v) is 13.1. The van der Waals surface area contributed by atoms with Gasteiger partial charge in [0.1, 0.15) is 9.84 Å². The third kappa shape index (κ3) is 4.96. The monoisotopic (exact) mass is 301 g/mol. The minimum absolute atomic E-state index is 0.350.